The second-order valence-electron chi connectivity index (χ2n) is 10.0. The Kier molecular flexibility index (Phi) is 8.76. The van der Waals surface area contributed by atoms with Crippen LogP contribution in [-0.2, 0) is 0 Å². The van der Waals surface area contributed by atoms with Gasteiger partial charge in [0.2, 0.25) is 0 Å². The molecule has 202 valence electrons. The molecular weight excluding hydrogens is 498 g/mol. The average molecular weight is 536 g/mol. The summed E-state index contributed by atoms with van der Waals surface area (Å²) in [6.45, 7) is 12.8. The molecule has 4 heterocycles. The molecule has 38 heavy (non-hydrogen) atoms. The van der Waals surface area contributed by atoms with E-state index in [1.165, 1.54) is 0 Å². The number of thiophene rings is 1. The van der Waals surface area contributed by atoms with Crippen LogP contribution in [0.5, 0.6) is 0 Å². The Morgan fingerprint density at radius 1 is 1.18 bits per heavy atom. The van der Waals surface area contributed by atoms with Crippen LogP contribution in [0.25, 0.3) is 27.5 Å². The van der Waals surface area contributed by atoms with Crippen molar-refractivity contribution in [2.24, 2.45) is 0 Å². The summed E-state index contributed by atoms with van der Waals surface area (Å²) in [5, 5.41) is 23.0. The third kappa shape index (κ3) is 6.75. The van der Waals surface area contributed by atoms with Crippen LogP contribution in [0.4, 0.5) is 5.82 Å². The molecule has 1 unspecified atom stereocenters. The van der Waals surface area contributed by atoms with Crippen LogP contribution < -0.4 is 10.6 Å². The van der Waals surface area contributed by atoms with Crippen molar-refractivity contribution in [2.75, 3.05) is 31.5 Å². The van der Waals surface area contributed by atoms with Gasteiger partial charge in [-0.1, -0.05) is 19.9 Å². The molecule has 0 aliphatic carbocycles. The predicted molar refractivity (Wildman–Crippen MR) is 154 cm³/mol. The smallest absolute Gasteiger partial charge is 0.251 e. The van der Waals surface area contributed by atoms with Gasteiger partial charge in [-0.3, -0.25) is 9.69 Å². The number of anilines is 1. The van der Waals surface area contributed by atoms with E-state index in [0.717, 1.165) is 29.2 Å². The topological polar surface area (TPSA) is 108 Å². The molecule has 0 radical (unpaired) electrons. The summed E-state index contributed by atoms with van der Waals surface area (Å²) >= 11 is 1.63. The molecule has 0 fully saturated rings. The van der Waals surface area contributed by atoms with E-state index in [-0.39, 0.29) is 11.9 Å². The molecule has 3 N–H and O–H groups in total. The van der Waals surface area contributed by atoms with E-state index in [1.54, 1.807) is 48.0 Å². The van der Waals surface area contributed by atoms with Crippen LogP contribution in [0.3, 0.4) is 0 Å². The van der Waals surface area contributed by atoms with Crippen molar-refractivity contribution in [1.82, 2.24) is 29.8 Å². The van der Waals surface area contributed by atoms with Gasteiger partial charge >= 0.3 is 0 Å². The molecule has 0 aliphatic rings. The van der Waals surface area contributed by atoms with Crippen LogP contribution >= 0.6 is 11.3 Å². The molecule has 0 aliphatic heterocycles. The van der Waals surface area contributed by atoms with Crippen molar-refractivity contribution in [3.63, 3.8) is 0 Å². The maximum absolute atomic E-state index is 13.3. The molecule has 1 amide bonds. The van der Waals surface area contributed by atoms with Gasteiger partial charge in [-0.2, -0.15) is 5.10 Å². The van der Waals surface area contributed by atoms with E-state index in [9.17, 15) is 9.90 Å². The zero-order valence-corrected chi connectivity index (χ0v) is 23.5. The SMILES string of the molecule is CCN(CC)C(C)CNC(=O)c1cc(NCCC(C)(C)O)nc(-c2cnn3ccc(-c4cccs4)nc23)c1. The molecule has 0 saturated carbocycles. The second-order valence-corrected chi connectivity index (χ2v) is 11.0. The first-order chi connectivity index (χ1) is 18.2. The summed E-state index contributed by atoms with van der Waals surface area (Å²) < 4.78 is 1.72. The highest BCUT2D eigenvalue weighted by molar-refractivity contribution is 7.13. The van der Waals surface area contributed by atoms with Crippen molar-refractivity contribution in [2.45, 2.75) is 52.7 Å². The number of aliphatic hydroxyl groups is 1. The summed E-state index contributed by atoms with van der Waals surface area (Å²) in [4.78, 5) is 26.3. The minimum atomic E-state index is -0.810. The zero-order valence-electron chi connectivity index (χ0n) is 22.7. The highest BCUT2D eigenvalue weighted by Crippen LogP contribution is 2.28. The van der Waals surface area contributed by atoms with Gasteiger partial charge in [0.15, 0.2) is 5.65 Å². The van der Waals surface area contributed by atoms with Crippen LogP contribution in [0.15, 0.2) is 48.1 Å². The molecule has 9 nitrogen and oxygen atoms in total. The van der Waals surface area contributed by atoms with Gasteiger partial charge in [-0.25, -0.2) is 14.5 Å². The number of aromatic nitrogens is 4. The number of likely N-dealkylation sites (N-methyl/N-ethyl adjacent to an activating group) is 1. The largest absolute Gasteiger partial charge is 0.390 e. The minimum Gasteiger partial charge on any atom is -0.390 e. The van der Waals surface area contributed by atoms with Gasteiger partial charge < -0.3 is 15.7 Å². The first-order valence-electron chi connectivity index (χ1n) is 13.1. The van der Waals surface area contributed by atoms with Crippen molar-refractivity contribution < 1.29 is 9.90 Å². The van der Waals surface area contributed by atoms with Crippen LogP contribution in [-0.4, -0.2) is 73.3 Å². The maximum atomic E-state index is 13.3. The van der Waals surface area contributed by atoms with Crippen molar-refractivity contribution in [3.8, 4) is 21.8 Å². The Balaban J connectivity index is 1.67. The van der Waals surface area contributed by atoms with Gasteiger partial charge in [0.1, 0.15) is 5.82 Å². The molecule has 0 aromatic carbocycles. The van der Waals surface area contributed by atoms with E-state index in [1.807, 2.05) is 29.8 Å². The lowest BCUT2D eigenvalue weighted by atomic mass is 10.1. The van der Waals surface area contributed by atoms with Gasteiger partial charge in [0.05, 0.1) is 33.6 Å². The molecule has 10 heteroatoms. The second kappa shape index (κ2) is 12.0. The number of pyridine rings is 1. The lowest BCUT2D eigenvalue weighted by Crippen LogP contribution is -2.42. The van der Waals surface area contributed by atoms with Crippen molar-refractivity contribution in [1.29, 1.82) is 0 Å². The van der Waals surface area contributed by atoms with Crippen molar-refractivity contribution >= 4 is 28.7 Å². The summed E-state index contributed by atoms with van der Waals surface area (Å²) in [7, 11) is 0. The molecule has 4 rings (SSSR count). The van der Waals surface area contributed by atoms with Crippen LogP contribution in [0.2, 0.25) is 0 Å². The number of rotatable bonds is 12. The lowest BCUT2D eigenvalue weighted by Gasteiger charge is -2.26. The van der Waals surface area contributed by atoms with Crippen molar-refractivity contribution in [3.05, 3.63) is 53.7 Å². The summed E-state index contributed by atoms with van der Waals surface area (Å²) in [6.07, 6.45) is 4.15. The summed E-state index contributed by atoms with van der Waals surface area (Å²) in [5.41, 5.74) is 2.55. The van der Waals surface area contributed by atoms with E-state index < -0.39 is 5.60 Å². The summed E-state index contributed by atoms with van der Waals surface area (Å²) in [6, 6.07) is 9.73. The van der Waals surface area contributed by atoms with E-state index in [0.29, 0.717) is 42.2 Å². The van der Waals surface area contributed by atoms with Gasteiger partial charge in [0.25, 0.3) is 5.91 Å². The highest BCUT2D eigenvalue weighted by atomic mass is 32.1. The standard InChI is InChI=1S/C28H37N7O2S/c1-6-34(7-2)19(3)17-30-27(36)20-15-23(32-25(16-20)29-12-11-28(4,5)37)21-18-31-35-13-10-22(33-26(21)35)24-9-8-14-38-24/h8-10,13-16,18-19,37H,6-7,11-12,17H2,1-5H3,(H,29,32)(H,30,36). The molecule has 4 aromatic heterocycles. The Morgan fingerprint density at radius 3 is 2.66 bits per heavy atom. The number of hydrogen-bond acceptors (Lipinski definition) is 8. The fourth-order valence-electron chi connectivity index (χ4n) is 4.32. The third-order valence-corrected chi connectivity index (χ3v) is 7.44. The first-order valence-corrected chi connectivity index (χ1v) is 14.0. The van der Waals surface area contributed by atoms with Gasteiger partial charge in [-0.15, -0.1) is 11.3 Å². The monoisotopic (exact) mass is 535 g/mol. The molecule has 0 saturated heterocycles. The molecular formula is C28H37N7O2S. The van der Waals surface area contributed by atoms with E-state index in [2.05, 4.69) is 41.4 Å². The number of amides is 1. The summed E-state index contributed by atoms with van der Waals surface area (Å²) in [5.74, 6) is 0.393. The molecule has 0 bridgehead atoms. The highest BCUT2D eigenvalue weighted by Gasteiger charge is 2.18. The maximum Gasteiger partial charge on any atom is 0.251 e. The molecule has 1 atom stereocenters. The third-order valence-electron chi connectivity index (χ3n) is 6.54. The lowest BCUT2D eigenvalue weighted by molar-refractivity contribution is 0.0748. The number of fused-ring (bicyclic) bond motifs is 1. The predicted octanol–water partition coefficient (Wildman–Crippen LogP) is 4.55. The first kappa shape index (κ1) is 27.7. The van der Waals surface area contributed by atoms with Crippen LogP contribution in [0.1, 0.15) is 51.4 Å². The Morgan fingerprint density at radius 2 is 1.97 bits per heavy atom. The number of nitrogens with zero attached hydrogens (tertiary/aromatic N) is 5. The van der Waals surface area contributed by atoms with E-state index >= 15 is 0 Å². The molecule has 0 spiro atoms. The fraction of sp³-hybridized carbons (Fsp3) is 0.429. The quantitative estimate of drug-likeness (QED) is 0.244. The Hall–Kier alpha value is -3.34. The Bertz CT molecular complexity index is 1360. The average Bonchev–Trinajstić information content (AvgIpc) is 3.57. The Labute approximate surface area is 227 Å². The van der Waals surface area contributed by atoms with E-state index in [4.69, 9.17) is 9.97 Å². The number of carbonyl (C=O) groups excluding carboxylic acids is 1. The zero-order chi connectivity index (χ0) is 27.3. The number of hydrogen-bond donors (Lipinski definition) is 3. The fourth-order valence-corrected chi connectivity index (χ4v) is 5.01. The van der Waals surface area contributed by atoms with Gasteiger partial charge in [0, 0.05) is 30.9 Å². The normalized spacial score (nSPS) is 12.7. The number of carbonyl (C=O) groups is 1. The minimum absolute atomic E-state index is 0.165. The van der Waals surface area contributed by atoms with Gasteiger partial charge in [-0.05, 0) is 69.9 Å². The molecule has 4 aromatic rings. The van der Waals surface area contributed by atoms with Crippen LogP contribution in [0, 0.1) is 0 Å². The number of nitrogens with one attached hydrogen (secondary N) is 2.